The highest BCUT2D eigenvalue weighted by Gasteiger charge is 2.41. The molecule has 2 N–H and O–H groups in total. The number of carbonyl (C=O) groups excluding carboxylic acids is 2. The van der Waals surface area contributed by atoms with Gasteiger partial charge in [-0.3, -0.25) is 9.59 Å². The summed E-state index contributed by atoms with van der Waals surface area (Å²) in [7, 11) is 0. The lowest BCUT2D eigenvalue weighted by Gasteiger charge is -2.37. The molecule has 0 unspecified atom stereocenters. The molecule has 0 bridgehead atoms. The quantitative estimate of drug-likeness (QED) is 0.445. The van der Waals surface area contributed by atoms with Crippen molar-refractivity contribution in [2.24, 2.45) is 0 Å². The zero-order chi connectivity index (χ0) is 25.2. The van der Waals surface area contributed by atoms with Gasteiger partial charge >= 0.3 is 0 Å². The van der Waals surface area contributed by atoms with Crippen molar-refractivity contribution in [2.75, 3.05) is 5.32 Å². The Morgan fingerprint density at radius 3 is 2.33 bits per heavy atom. The average molecular weight is 481 g/mol. The number of Topliss-reactive ketones (excluding diaryl/α,β-unsaturated/α-hetero) is 1. The molecule has 0 saturated carbocycles. The Bertz CT molecular complexity index is 1370. The highest BCUT2D eigenvalue weighted by Crippen LogP contribution is 2.45. The molecule has 1 aliphatic carbocycles. The monoisotopic (exact) mass is 480 g/mol. The molecule has 1 heterocycles. The van der Waals surface area contributed by atoms with Gasteiger partial charge in [0.25, 0.3) is 5.91 Å². The second kappa shape index (κ2) is 9.94. The van der Waals surface area contributed by atoms with Crippen LogP contribution in [0.1, 0.15) is 55.2 Å². The van der Waals surface area contributed by atoms with Crippen LogP contribution in [0.2, 0.25) is 0 Å². The van der Waals surface area contributed by atoms with Gasteiger partial charge in [0.05, 0.1) is 5.69 Å². The normalized spacial score (nSPS) is 19.6. The highest BCUT2D eigenvalue weighted by molar-refractivity contribution is 6.10. The number of nitrogens with one attached hydrogen (secondary N) is 2. The molecule has 0 saturated heterocycles. The lowest BCUT2D eigenvalue weighted by molar-refractivity contribution is -0.116. The van der Waals surface area contributed by atoms with E-state index in [1.807, 2.05) is 49.4 Å². The second-order valence-corrected chi connectivity index (χ2v) is 9.46. The fraction of sp³-hybridized carbons (Fsp3) is 0.226. The van der Waals surface area contributed by atoms with Crippen LogP contribution in [-0.2, 0) is 16.0 Å². The number of amides is 1. The van der Waals surface area contributed by atoms with Gasteiger partial charge in [-0.2, -0.15) is 0 Å². The van der Waals surface area contributed by atoms with Gasteiger partial charge in [0, 0.05) is 34.9 Å². The smallest absolute Gasteiger partial charge is 0.254 e. The zero-order valence-corrected chi connectivity index (χ0v) is 20.5. The number of dihydropyridines is 1. The molecule has 2 aliphatic rings. The predicted molar refractivity (Wildman–Crippen MR) is 140 cm³/mol. The maximum Gasteiger partial charge on any atom is 0.254 e. The van der Waals surface area contributed by atoms with E-state index in [9.17, 15) is 14.0 Å². The molecule has 0 spiro atoms. The van der Waals surface area contributed by atoms with E-state index in [2.05, 4.69) is 29.7 Å². The minimum atomic E-state index is -0.525. The number of carbonyl (C=O) groups is 2. The van der Waals surface area contributed by atoms with E-state index in [0.29, 0.717) is 29.7 Å². The fourth-order valence-corrected chi connectivity index (χ4v) is 5.33. The van der Waals surface area contributed by atoms with E-state index in [0.717, 1.165) is 23.2 Å². The number of allylic oxidation sites excluding steroid dienone is 3. The maximum absolute atomic E-state index is 14.3. The molecule has 5 rings (SSSR count). The van der Waals surface area contributed by atoms with Crippen molar-refractivity contribution in [1.29, 1.82) is 0 Å². The van der Waals surface area contributed by atoms with E-state index in [1.54, 1.807) is 12.1 Å². The van der Waals surface area contributed by atoms with Crippen molar-refractivity contribution in [1.82, 2.24) is 5.32 Å². The molecule has 0 aromatic heterocycles. The van der Waals surface area contributed by atoms with Gasteiger partial charge in [-0.25, -0.2) is 4.39 Å². The summed E-state index contributed by atoms with van der Waals surface area (Å²) in [5.74, 6) is -1.33. The molecular weight excluding hydrogens is 451 g/mol. The Morgan fingerprint density at radius 2 is 1.64 bits per heavy atom. The molecule has 1 aliphatic heterocycles. The van der Waals surface area contributed by atoms with Crippen LogP contribution in [0.15, 0.2) is 101 Å². The topological polar surface area (TPSA) is 58.2 Å². The summed E-state index contributed by atoms with van der Waals surface area (Å²) in [5.41, 5.74) is 5.92. The van der Waals surface area contributed by atoms with Crippen LogP contribution in [0.25, 0.3) is 0 Å². The largest absolute Gasteiger partial charge is 0.362 e. The molecule has 0 fully saturated rings. The molecule has 1 amide bonds. The maximum atomic E-state index is 14.3. The molecule has 0 radical (unpaired) electrons. The van der Waals surface area contributed by atoms with Crippen LogP contribution < -0.4 is 10.6 Å². The average Bonchev–Trinajstić information content (AvgIpc) is 2.89. The van der Waals surface area contributed by atoms with Crippen LogP contribution in [-0.4, -0.2) is 11.7 Å². The van der Waals surface area contributed by atoms with E-state index in [4.69, 9.17) is 0 Å². The number of benzene rings is 3. The summed E-state index contributed by atoms with van der Waals surface area (Å²) in [6.45, 7) is 3.94. The summed E-state index contributed by atoms with van der Waals surface area (Å²) in [4.78, 5) is 27.3. The SMILES string of the molecule is CCc1ccc([C@@H]2C(C(=O)Nc3ccccc3F)=C(C)NC3=C2C(=O)C[C@H](c2ccccc2)C3)cc1. The number of hydrogen-bond donors (Lipinski definition) is 2. The Kier molecular flexibility index (Phi) is 6.55. The molecule has 2 atom stereocenters. The first-order valence-corrected chi connectivity index (χ1v) is 12.4. The van der Waals surface area contributed by atoms with Crippen LogP contribution in [0.3, 0.4) is 0 Å². The minimum Gasteiger partial charge on any atom is -0.362 e. The summed E-state index contributed by atoms with van der Waals surface area (Å²) < 4.78 is 14.3. The van der Waals surface area contributed by atoms with Gasteiger partial charge in [-0.15, -0.1) is 0 Å². The Morgan fingerprint density at radius 1 is 0.944 bits per heavy atom. The lowest BCUT2D eigenvalue weighted by Crippen LogP contribution is -2.37. The second-order valence-electron chi connectivity index (χ2n) is 9.46. The molecular formula is C31H29FN2O2. The Balaban J connectivity index is 1.57. The van der Waals surface area contributed by atoms with E-state index >= 15 is 0 Å². The van der Waals surface area contributed by atoms with Gasteiger partial charge in [0.1, 0.15) is 5.82 Å². The number of aryl methyl sites for hydroxylation is 1. The van der Waals surface area contributed by atoms with Crippen molar-refractivity contribution in [3.05, 3.63) is 124 Å². The third-order valence-electron chi connectivity index (χ3n) is 7.19. The molecule has 36 heavy (non-hydrogen) atoms. The van der Waals surface area contributed by atoms with Crippen molar-refractivity contribution in [2.45, 2.75) is 44.9 Å². The number of rotatable bonds is 5. The standard InChI is InChI=1S/C31H29FN2O2/c1-3-20-13-15-22(16-14-20)29-28(31(36)34-25-12-8-7-11-24(25)32)19(2)33-26-17-23(18-27(35)30(26)29)21-9-5-4-6-10-21/h4-16,23,29,33H,3,17-18H2,1-2H3,(H,34,36)/t23-,29-/m1/s1. The van der Waals surface area contributed by atoms with E-state index < -0.39 is 17.6 Å². The molecule has 3 aromatic rings. The van der Waals surface area contributed by atoms with E-state index in [1.165, 1.54) is 17.7 Å². The summed E-state index contributed by atoms with van der Waals surface area (Å²) in [6.07, 6.45) is 1.97. The van der Waals surface area contributed by atoms with Gasteiger partial charge in [-0.05, 0) is 54.5 Å². The van der Waals surface area contributed by atoms with Gasteiger partial charge < -0.3 is 10.6 Å². The number of halogens is 1. The van der Waals surface area contributed by atoms with Gasteiger partial charge in [-0.1, -0.05) is 73.7 Å². The molecule has 182 valence electrons. The first-order valence-electron chi connectivity index (χ1n) is 12.4. The zero-order valence-electron chi connectivity index (χ0n) is 20.5. The summed E-state index contributed by atoms with van der Waals surface area (Å²) in [6, 6.07) is 24.3. The number of hydrogen-bond acceptors (Lipinski definition) is 3. The molecule has 4 nitrogen and oxygen atoms in total. The van der Waals surface area contributed by atoms with Crippen LogP contribution >= 0.6 is 0 Å². The van der Waals surface area contributed by atoms with Crippen molar-refractivity contribution in [3.8, 4) is 0 Å². The third-order valence-corrected chi connectivity index (χ3v) is 7.19. The van der Waals surface area contributed by atoms with E-state index in [-0.39, 0.29) is 17.4 Å². The van der Waals surface area contributed by atoms with Crippen molar-refractivity contribution >= 4 is 17.4 Å². The van der Waals surface area contributed by atoms with Crippen molar-refractivity contribution in [3.63, 3.8) is 0 Å². The lowest BCUT2D eigenvalue weighted by atomic mass is 9.71. The first kappa shape index (κ1) is 23.7. The van der Waals surface area contributed by atoms with Gasteiger partial charge in [0.15, 0.2) is 5.78 Å². The molecule has 5 heteroatoms. The van der Waals surface area contributed by atoms with Crippen LogP contribution in [0, 0.1) is 5.82 Å². The van der Waals surface area contributed by atoms with Crippen molar-refractivity contribution < 1.29 is 14.0 Å². The first-order chi connectivity index (χ1) is 17.5. The minimum absolute atomic E-state index is 0.0332. The highest BCUT2D eigenvalue weighted by atomic mass is 19.1. The Hall–Kier alpha value is -3.99. The van der Waals surface area contributed by atoms with Gasteiger partial charge in [0.2, 0.25) is 0 Å². The third kappa shape index (κ3) is 4.49. The predicted octanol–water partition coefficient (Wildman–Crippen LogP) is 6.39. The number of para-hydroxylation sites is 1. The Labute approximate surface area is 210 Å². The van der Waals surface area contributed by atoms with Crippen LogP contribution in [0.5, 0.6) is 0 Å². The van der Waals surface area contributed by atoms with Crippen LogP contribution in [0.4, 0.5) is 10.1 Å². The summed E-state index contributed by atoms with van der Waals surface area (Å²) in [5, 5.41) is 6.12. The molecule has 3 aromatic carbocycles. The summed E-state index contributed by atoms with van der Waals surface area (Å²) >= 11 is 0. The number of ketones is 1. The fourth-order valence-electron chi connectivity index (χ4n) is 5.33. The number of anilines is 1.